The minimum absolute atomic E-state index is 0.0926. The average Bonchev–Trinajstić information content (AvgIpc) is 2.73. The zero-order valence-electron chi connectivity index (χ0n) is 17.2. The topological polar surface area (TPSA) is 67.2 Å². The number of hydrogen-bond acceptors (Lipinski definition) is 4. The number of aromatic nitrogens is 2. The van der Waals surface area contributed by atoms with E-state index in [0.29, 0.717) is 17.3 Å². The Morgan fingerprint density at radius 3 is 2.67 bits per heavy atom. The summed E-state index contributed by atoms with van der Waals surface area (Å²) in [4.78, 5) is 31.9. The Kier molecular flexibility index (Phi) is 5.53. The molecule has 2 heterocycles. The molecule has 156 valence electrons. The number of para-hydroxylation sites is 1. The number of aryl methyl sites for hydroxylation is 1. The van der Waals surface area contributed by atoms with E-state index in [2.05, 4.69) is 22.1 Å². The van der Waals surface area contributed by atoms with E-state index in [1.165, 1.54) is 16.7 Å². The number of rotatable bonds is 4. The van der Waals surface area contributed by atoms with E-state index in [-0.39, 0.29) is 12.2 Å². The van der Waals surface area contributed by atoms with Crippen molar-refractivity contribution in [1.29, 1.82) is 0 Å². The second kappa shape index (κ2) is 8.26. The molecular weight excluding hydrogens is 383 g/mol. The van der Waals surface area contributed by atoms with Gasteiger partial charge in [-0.2, -0.15) is 4.98 Å². The summed E-state index contributed by atoms with van der Waals surface area (Å²) in [6.07, 6.45) is 2.12. The third-order valence-electron chi connectivity index (χ3n) is 5.65. The van der Waals surface area contributed by atoms with E-state index in [4.69, 9.17) is 0 Å². The lowest BCUT2D eigenvalue weighted by Crippen LogP contribution is -2.37. The number of nitrogens with one attached hydrogen (secondary N) is 1. The highest BCUT2D eigenvalue weighted by Gasteiger charge is 2.21. The summed E-state index contributed by atoms with van der Waals surface area (Å²) in [5.74, 6) is 0.349. The van der Waals surface area contributed by atoms with Gasteiger partial charge in [0.25, 0.3) is 0 Å². The first-order valence-corrected chi connectivity index (χ1v) is 10.2. The van der Waals surface area contributed by atoms with Crippen LogP contribution in [0, 0.1) is 18.7 Å². The summed E-state index contributed by atoms with van der Waals surface area (Å²) >= 11 is 0. The molecule has 0 radical (unpaired) electrons. The van der Waals surface area contributed by atoms with Gasteiger partial charge in [-0.1, -0.05) is 25.1 Å². The molecule has 1 aromatic heterocycles. The van der Waals surface area contributed by atoms with Gasteiger partial charge in [0.15, 0.2) is 0 Å². The number of anilines is 2. The van der Waals surface area contributed by atoms with Crippen LogP contribution in [-0.2, 0) is 11.3 Å². The van der Waals surface area contributed by atoms with Crippen LogP contribution < -0.4 is 15.9 Å². The maximum absolute atomic E-state index is 14.1. The number of carbonyl (C=O) groups is 1. The maximum atomic E-state index is 14.1. The molecule has 2 aromatic carbocycles. The lowest BCUT2D eigenvalue weighted by molar-refractivity contribution is -0.116. The lowest BCUT2D eigenvalue weighted by atomic mass is 9.99. The number of hydrogen-bond donors (Lipinski definition) is 1. The Hall–Kier alpha value is -3.22. The molecule has 1 N–H and O–H groups in total. The normalized spacial score (nSPS) is 14.8. The van der Waals surface area contributed by atoms with Gasteiger partial charge in [-0.3, -0.25) is 9.36 Å². The lowest BCUT2D eigenvalue weighted by Gasteiger charge is -2.32. The Balaban J connectivity index is 1.65. The maximum Gasteiger partial charge on any atom is 0.350 e. The first-order valence-electron chi connectivity index (χ1n) is 10.2. The van der Waals surface area contributed by atoms with Gasteiger partial charge in [0.1, 0.15) is 18.2 Å². The quantitative estimate of drug-likeness (QED) is 0.715. The fourth-order valence-electron chi connectivity index (χ4n) is 3.88. The van der Waals surface area contributed by atoms with Crippen LogP contribution in [0.4, 0.5) is 15.9 Å². The average molecular weight is 408 g/mol. The van der Waals surface area contributed by atoms with Crippen LogP contribution in [-0.4, -0.2) is 28.5 Å². The highest BCUT2D eigenvalue weighted by Crippen LogP contribution is 2.27. The van der Waals surface area contributed by atoms with E-state index >= 15 is 0 Å². The van der Waals surface area contributed by atoms with Gasteiger partial charge in [0, 0.05) is 18.5 Å². The number of halogens is 1. The van der Waals surface area contributed by atoms with E-state index < -0.39 is 17.4 Å². The molecule has 30 heavy (non-hydrogen) atoms. The number of benzene rings is 2. The van der Waals surface area contributed by atoms with Crippen molar-refractivity contribution in [3.8, 4) is 0 Å². The smallest absolute Gasteiger partial charge is 0.350 e. The Morgan fingerprint density at radius 1 is 1.20 bits per heavy atom. The number of fused-ring (bicyclic) bond motifs is 1. The van der Waals surface area contributed by atoms with Crippen LogP contribution in [0.5, 0.6) is 0 Å². The second-order valence-electron chi connectivity index (χ2n) is 8.02. The molecule has 1 aliphatic rings. The Labute approximate surface area is 174 Å². The number of piperidine rings is 1. The SMILES string of the molecule is Cc1ccc(NC(=O)Cn2c(=O)nc(N3CCC(C)CC3)c3ccccc32)c(F)c1. The summed E-state index contributed by atoms with van der Waals surface area (Å²) in [5, 5.41) is 3.38. The molecule has 3 aromatic rings. The van der Waals surface area contributed by atoms with E-state index in [0.717, 1.165) is 36.9 Å². The summed E-state index contributed by atoms with van der Waals surface area (Å²) in [6, 6.07) is 12.1. The standard InChI is InChI=1S/C23H25FN4O2/c1-15-9-11-27(12-10-15)22-17-5-3-4-6-20(17)28(23(30)26-22)14-21(29)25-19-8-7-16(2)13-18(19)24/h3-8,13,15H,9-12,14H2,1-2H3,(H,25,29). The number of nitrogens with zero attached hydrogens (tertiary/aromatic N) is 3. The molecular formula is C23H25FN4O2. The molecule has 1 aliphatic heterocycles. The summed E-state index contributed by atoms with van der Waals surface area (Å²) < 4.78 is 15.4. The van der Waals surface area contributed by atoms with Crippen molar-refractivity contribution in [1.82, 2.24) is 9.55 Å². The highest BCUT2D eigenvalue weighted by molar-refractivity contribution is 5.94. The van der Waals surface area contributed by atoms with Crippen LogP contribution in [0.25, 0.3) is 10.9 Å². The van der Waals surface area contributed by atoms with Crippen molar-refractivity contribution in [2.24, 2.45) is 5.92 Å². The molecule has 1 amide bonds. The third kappa shape index (κ3) is 4.06. The van der Waals surface area contributed by atoms with Crippen molar-refractivity contribution < 1.29 is 9.18 Å². The molecule has 0 aliphatic carbocycles. The predicted octanol–water partition coefficient (Wildman–Crippen LogP) is 3.72. The Bertz CT molecular complexity index is 1150. The van der Waals surface area contributed by atoms with E-state index in [1.54, 1.807) is 13.0 Å². The van der Waals surface area contributed by atoms with Crippen molar-refractivity contribution in [3.63, 3.8) is 0 Å². The summed E-state index contributed by atoms with van der Waals surface area (Å²) in [6.45, 7) is 5.48. The van der Waals surface area contributed by atoms with Crippen molar-refractivity contribution in [2.75, 3.05) is 23.3 Å². The van der Waals surface area contributed by atoms with Gasteiger partial charge < -0.3 is 10.2 Å². The molecule has 4 rings (SSSR count). The molecule has 1 saturated heterocycles. The van der Waals surface area contributed by atoms with E-state index in [9.17, 15) is 14.0 Å². The van der Waals surface area contributed by atoms with Crippen LogP contribution in [0.15, 0.2) is 47.3 Å². The van der Waals surface area contributed by atoms with E-state index in [1.807, 2.05) is 24.3 Å². The predicted molar refractivity (Wildman–Crippen MR) is 116 cm³/mol. The van der Waals surface area contributed by atoms with Gasteiger partial charge in [-0.05, 0) is 55.5 Å². The van der Waals surface area contributed by atoms with Crippen LogP contribution in [0.1, 0.15) is 25.3 Å². The van der Waals surface area contributed by atoms with Crippen LogP contribution in [0.3, 0.4) is 0 Å². The van der Waals surface area contributed by atoms with Gasteiger partial charge in [-0.15, -0.1) is 0 Å². The fraction of sp³-hybridized carbons (Fsp3) is 0.348. The van der Waals surface area contributed by atoms with Crippen molar-refractivity contribution in [3.05, 3.63) is 64.3 Å². The molecule has 0 unspecified atom stereocenters. The molecule has 7 heteroatoms. The van der Waals surface area contributed by atoms with Crippen LogP contribution in [0.2, 0.25) is 0 Å². The minimum Gasteiger partial charge on any atom is -0.356 e. The fourth-order valence-corrected chi connectivity index (χ4v) is 3.88. The first-order chi connectivity index (χ1) is 14.4. The van der Waals surface area contributed by atoms with Crippen molar-refractivity contribution >= 4 is 28.3 Å². The molecule has 0 atom stereocenters. The second-order valence-corrected chi connectivity index (χ2v) is 8.02. The van der Waals surface area contributed by atoms with Gasteiger partial charge in [0.05, 0.1) is 11.2 Å². The van der Waals surface area contributed by atoms with Gasteiger partial charge >= 0.3 is 5.69 Å². The first kappa shape index (κ1) is 20.1. The third-order valence-corrected chi connectivity index (χ3v) is 5.65. The molecule has 0 saturated carbocycles. The van der Waals surface area contributed by atoms with Gasteiger partial charge in [0.2, 0.25) is 5.91 Å². The van der Waals surface area contributed by atoms with Gasteiger partial charge in [-0.25, -0.2) is 9.18 Å². The minimum atomic E-state index is -0.506. The molecule has 0 bridgehead atoms. The molecule has 0 spiro atoms. The number of carbonyl (C=O) groups excluding carboxylic acids is 1. The molecule has 1 fully saturated rings. The van der Waals surface area contributed by atoms with Crippen LogP contribution >= 0.6 is 0 Å². The largest absolute Gasteiger partial charge is 0.356 e. The zero-order chi connectivity index (χ0) is 21.3. The highest BCUT2D eigenvalue weighted by atomic mass is 19.1. The number of amides is 1. The van der Waals surface area contributed by atoms with Crippen molar-refractivity contribution in [2.45, 2.75) is 33.2 Å². The molecule has 6 nitrogen and oxygen atoms in total. The summed E-state index contributed by atoms with van der Waals surface area (Å²) in [7, 11) is 0. The Morgan fingerprint density at radius 2 is 1.93 bits per heavy atom. The summed E-state index contributed by atoms with van der Waals surface area (Å²) in [5.41, 5.74) is 1.02. The zero-order valence-corrected chi connectivity index (χ0v) is 17.2. The monoisotopic (exact) mass is 408 g/mol.